The zero-order valence-electron chi connectivity index (χ0n) is 17.3. The number of carbonyl (C=O) groups is 1. The monoisotopic (exact) mass is 537 g/mol. The highest BCUT2D eigenvalue weighted by atomic mass is 79.9. The maximum absolute atomic E-state index is 11.0. The van der Waals surface area contributed by atoms with Crippen molar-refractivity contribution in [3.63, 3.8) is 0 Å². The van der Waals surface area contributed by atoms with Crippen LogP contribution in [0.4, 0.5) is 0 Å². The van der Waals surface area contributed by atoms with E-state index >= 15 is 0 Å². The number of aromatic carboxylic acids is 1. The van der Waals surface area contributed by atoms with Gasteiger partial charge in [0.05, 0.1) is 16.6 Å². The van der Waals surface area contributed by atoms with Crippen LogP contribution in [0.15, 0.2) is 59.1 Å². The van der Waals surface area contributed by atoms with Gasteiger partial charge in [-0.1, -0.05) is 41.4 Å². The van der Waals surface area contributed by atoms with Gasteiger partial charge in [-0.15, -0.1) is 0 Å². The molecule has 3 aromatic carbocycles. The molecule has 0 aliphatic rings. The summed E-state index contributed by atoms with van der Waals surface area (Å²) in [7, 11) is 0. The van der Waals surface area contributed by atoms with E-state index < -0.39 is 5.97 Å². The highest BCUT2D eigenvalue weighted by molar-refractivity contribution is 9.10. The van der Waals surface area contributed by atoms with Crippen LogP contribution in [0.5, 0.6) is 11.5 Å². The lowest BCUT2D eigenvalue weighted by molar-refractivity contribution is 0.0697. The van der Waals surface area contributed by atoms with Crippen molar-refractivity contribution in [2.45, 2.75) is 26.6 Å². The lowest BCUT2D eigenvalue weighted by Crippen LogP contribution is -2.13. The molecular formula is C24H22BrCl2NO4. The van der Waals surface area contributed by atoms with E-state index in [0.29, 0.717) is 41.2 Å². The molecule has 0 heterocycles. The molecule has 0 aliphatic carbocycles. The molecule has 0 aromatic heterocycles. The SMILES string of the molecule is CCOc1cc(CNCc2ccc(C(=O)O)cc2)cc(Br)c1OCc1ccc(Cl)cc1Cl. The Kier molecular flexibility index (Phi) is 8.82. The van der Waals surface area contributed by atoms with Crippen molar-refractivity contribution in [2.75, 3.05) is 6.61 Å². The van der Waals surface area contributed by atoms with E-state index in [4.69, 9.17) is 37.8 Å². The van der Waals surface area contributed by atoms with E-state index in [1.807, 2.05) is 25.1 Å². The lowest BCUT2D eigenvalue weighted by atomic mass is 10.1. The van der Waals surface area contributed by atoms with Gasteiger partial charge in [0.1, 0.15) is 6.61 Å². The Morgan fingerprint density at radius 2 is 1.72 bits per heavy atom. The molecule has 0 aliphatic heterocycles. The third-order valence-electron chi connectivity index (χ3n) is 4.62. The van der Waals surface area contributed by atoms with Crippen molar-refractivity contribution in [1.82, 2.24) is 5.32 Å². The molecule has 3 aromatic rings. The number of ether oxygens (including phenoxy) is 2. The Balaban J connectivity index is 1.66. The normalized spacial score (nSPS) is 10.8. The quantitative estimate of drug-likeness (QED) is 0.300. The molecule has 32 heavy (non-hydrogen) atoms. The largest absolute Gasteiger partial charge is 0.490 e. The highest BCUT2D eigenvalue weighted by Crippen LogP contribution is 2.38. The van der Waals surface area contributed by atoms with E-state index in [1.165, 1.54) is 0 Å². The van der Waals surface area contributed by atoms with Crippen molar-refractivity contribution in [3.8, 4) is 11.5 Å². The molecule has 0 spiro atoms. The summed E-state index contributed by atoms with van der Waals surface area (Å²) in [4.78, 5) is 11.0. The predicted octanol–water partition coefficient (Wildman–Crippen LogP) is 6.72. The molecule has 0 atom stereocenters. The Bertz CT molecular complexity index is 1090. The van der Waals surface area contributed by atoms with Gasteiger partial charge < -0.3 is 19.9 Å². The molecule has 0 amide bonds. The molecular weight excluding hydrogens is 517 g/mol. The summed E-state index contributed by atoms with van der Waals surface area (Å²) >= 11 is 15.8. The molecule has 3 rings (SSSR count). The van der Waals surface area contributed by atoms with Gasteiger partial charge in [-0.25, -0.2) is 4.79 Å². The topological polar surface area (TPSA) is 67.8 Å². The maximum Gasteiger partial charge on any atom is 0.335 e. The second-order valence-electron chi connectivity index (χ2n) is 6.97. The summed E-state index contributed by atoms with van der Waals surface area (Å²) in [6, 6.07) is 16.0. The minimum atomic E-state index is -0.932. The number of benzene rings is 3. The smallest absolute Gasteiger partial charge is 0.335 e. The van der Waals surface area contributed by atoms with Crippen LogP contribution < -0.4 is 14.8 Å². The van der Waals surface area contributed by atoms with Crippen LogP contribution >= 0.6 is 39.1 Å². The van der Waals surface area contributed by atoms with Crippen LogP contribution in [0.3, 0.4) is 0 Å². The minimum Gasteiger partial charge on any atom is -0.490 e. The van der Waals surface area contributed by atoms with Gasteiger partial charge in [0.15, 0.2) is 11.5 Å². The van der Waals surface area contributed by atoms with Gasteiger partial charge in [0.25, 0.3) is 0 Å². The third-order valence-corrected chi connectivity index (χ3v) is 5.79. The summed E-state index contributed by atoms with van der Waals surface area (Å²) in [5, 5.41) is 13.5. The Morgan fingerprint density at radius 1 is 1.00 bits per heavy atom. The van der Waals surface area contributed by atoms with Gasteiger partial charge in [0, 0.05) is 28.7 Å². The fraction of sp³-hybridized carbons (Fsp3) is 0.208. The first kappa shape index (κ1) is 24.4. The second kappa shape index (κ2) is 11.6. The molecule has 0 fully saturated rings. The van der Waals surface area contributed by atoms with E-state index in [9.17, 15) is 4.79 Å². The molecule has 2 N–H and O–H groups in total. The van der Waals surface area contributed by atoms with E-state index in [2.05, 4.69) is 21.2 Å². The maximum atomic E-state index is 11.0. The second-order valence-corrected chi connectivity index (χ2v) is 8.67. The molecule has 0 saturated carbocycles. The summed E-state index contributed by atoms with van der Waals surface area (Å²) in [5.41, 5.74) is 3.11. The highest BCUT2D eigenvalue weighted by Gasteiger charge is 2.14. The number of carboxylic acids is 1. The molecule has 8 heteroatoms. The number of hydrogen-bond acceptors (Lipinski definition) is 4. The first-order valence-electron chi connectivity index (χ1n) is 9.92. The molecule has 0 saturated heterocycles. The van der Waals surface area contributed by atoms with Crippen molar-refractivity contribution >= 4 is 45.1 Å². The van der Waals surface area contributed by atoms with Crippen molar-refractivity contribution in [1.29, 1.82) is 0 Å². The predicted molar refractivity (Wildman–Crippen MR) is 130 cm³/mol. The fourth-order valence-corrected chi connectivity index (χ4v) is 4.10. The minimum absolute atomic E-state index is 0.273. The first-order valence-corrected chi connectivity index (χ1v) is 11.5. The van der Waals surface area contributed by atoms with Gasteiger partial charge in [-0.05, 0) is 70.4 Å². The zero-order chi connectivity index (χ0) is 23.1. The van der Waals surface area contributed by atoms with Crippen molar-refractivity contribution in [2.24, 2.45) is 0 Å². The number of nitrogens with one attached hydrogen (secondary N) is 1. The van der Waals surface area contributed by atoms with Gasteiger partial charge in [0.2, 0.25) is 0 Å². The lowest BCUT2D eigenvalue weighted by Gasteiger charge is -2.16. The molecule has 0 radical (unpaired) electrons. The van der Waals surface area contributed by atoms with Crippen molar-refractivity contribution in [3.05, 3.63) is 91.4 Å². The van der Waals surface area contributed by atoms with Crippen LogP contribution in [0.1, 0.15) is 34.0 Å². The van der Waals surface area contributed by atoms with Gasteiger partial charge in [-0.2, -0.15) is 0 Å². The van der Waals surface area contributed by atoms with Crippen LogP contribution in [0.25, 0.3) is 0 Å². The van der Waals surface area contributed by atoms with E-state index in [1.54, 1.807) is 36.4 Å². The molecule has 5 nitrogen and oxygen atoms in total. The standard InChI is InChI=1S/C24H22BrCl2NO4/c1-2-31-22-10-16(13-28-12-15-3-5-17(6-4-15)24(29)30)9-20(25)23(22)32-14-18-7-8-19(26)11-21(18)27/h3-11,28H,2,12-14H2,1H3,(H,29,30). The Labute approximate surface area is 205 Å². The number of carboxylic acid groups (broad SMARTS) is 1. The van der Waals surface area contributed by atoms with E-state index in [0.717, 1.165) is 21.2 Å². The average molecular weight is 539 g/mol. The average Bonchev–Trinajstić information content (AvgIpc) is 2.75. The van der Waals surface area contributed by atoms with Crippen LogP contribution in [-0.4, -0.2) is 17.7 Å². The zero-order valence-corrected chi connectivity index (χ0v) is 20.4. The molecule has 168 valence electrons. The molecule has 0 unspecified atom stereocenters. The Hall–Kier alpha value is -2.25. The summed E-state index contributed by atoms with van der Waals surface area (Å²) in [6.45, 7) is 3.90. The number of halogens is 3. The third kappa shape index (κ3) is 6.62. The van der Waals surface area contributed by atoms with Gasteiger partial charge in [-0.3, -0.25) is 0 Å². The number of rotatable bonds is 10. The van der Waals surface area contributed by atoms with Gasteiger partial charge >= 0.3 is 5.97 Å². The van der Waals surface area contributed by atoms with E-state index in [-0.39, 0.29) is 12.2 Å². The number of hydrogen-bond donors (Lipinski definition) is 2. The summed E-state index contributed by atoms with van der Waals surface area (Å²) in [5.74, 6) is 0.305. The summed E-state index contributed by atoms with van der Waals surface area (Å²) in [6.07, 6.45) is 0. The Morgan fingerprint density at radius 3 is 2.38 bits per heavy atom. The molecule has 0 bridgehead atoms. The van der Waals surface area contributed by atoms with Crippen LogP contribution in [0.2, 0.25) is 10.0 Å². The van der Waals surface area contributed by atoms with Crippen LogP contribution in [0, 0.1) is 0 Å². The van der Waals surface area contributed by atoms with Crippen LogP contribution in [-0.2, 0) is 19.7 Å². The first-order chi connectivity index (χ1) is 15.4. The summed E-state index contributed by atoms with van der Waals surface area (Å²) < 4.78 is 12.6. The fourth-order valence-electron chi connectivity index (χ4n) is 3.03. The van der Waals surface area contributed by atoms with Crippen molar-refractivity contribution < 1.29 is 19.4 Å².